The number of hydrogen-bond acceptors (Lipinski definition) is 4. The molecule has 3 rings (SSSR count). The summed E-state index contributed by atoms with van der Waals surface area (Å²) < 4.78 is 0.873. The fraction of sp³-hybridized carbons (Fsp3) is 0.348. The van der Waals surface area contributed by atoms with Crippen molar-refractivity contribution in [2.24, 2.45) is 10.5 Å². The number of urea groups is 1. The quantitative estimate of drug-likeness (QED) is 0.410. The van der Waals surface area contributed by atoms with Crippen molar-refractivity contribution >= 4 is 62.6 Å². The van der Waals surface area contributed by atoms with Crippen LogP contribution in [-0.4, -0.2) is 41.2 Å². The maximum absolute atomic E-state index is 13.4. The number of benzene rings is 2. The number of anilines is 1. The minimum Gasteiger partial charge on any atom is -0.274 e. The van der Waals surface area contributed by atoms with Gasteiger partial charge in [0, 0.05) is 21.8 Å². The van der Waals surface area contributed by atoms with E-state index in [0.29, 0.717) is 17.3 Å². The van der Waals surface area contributed by atoms with E-state index in [2.05, 4.69) is 29.1 Å². The Balaban J connectivity index is 1.95. The summed E-state index contributed by atoms with van der Waals surface area (Å²) in [7, 11) is 0. The average Bonchev–Trinajstić information content (AvgIpc) is 3.08. The molecule has 2 aromatic rings. The van der Waals surface area contributed by atoms with Gasteiger partial charge in [0.05, 0.1) is 17.9 Å². The lowest BCUT2D eigenvalue weighted by molar-refractivity contribution is -0.116. The van der Waals surface area contributed by atoms with Gasteiger partial charge < -0.3 is 0 Å². The SMILES string of the molecule is CSCCCC1(C)CN(C(=O)N(C(C)=O)c2ccc(Br)cc2)N=C1c1ccc(Cl)cc1. The van der Waals surface area contributed by atoms with Gasteiger partial charge in [0.15, 0.2) is 0 Å². The topological polar surface area (TPSA) is 53.0 Å². The van der Waals surface area contributed by atoms with Crippen molar-refractivity contribution in [2.45, 2.75) is 26.7 Å². The van der Waals surface area contributed by atoms with Gasteiger partial charge in [-0.1, -0.05) is 46.6 Å². The maximum atomic E-state index is 13.4. The third-order valence-electron chi connectivity index (χ3n) is 5.30. The lowest BCUT2D eigenvalue weighted by Gasteiger charge is -2.28. The molecule has 3 amide bonds. The smallest absolute Gasteiger partial charge is 0.274 e. The standard InChI is InChI=1S/C23H25BrClN3O2S/c1-16(29)28(20-11-7-18(24)8-12-20)22(30)27-15-23(2,13-4-14-31-3)21(26-27)17-5-9-19(25)10-6-17/h5-12H,4,13-15H2,1-3H3. The first-order chi connectivity index (χ1) is 14.7. The van der Waals surface area contributed by atoms with Crippen LogP contribution >= 0.6 is 39.3 Å². The Hall–Kier alpha value is -1.83. The van der Waals surface area contributed by atoms with Gasteiger partial charge in [-0.25, -0.2) is 14.7 Å². The summed E-state index contributed by atoms with van der Waals surface area (Å²) in [6.45, 7) is 3.93. The maximum Gasteiger partial charge on any atom is 0.351 e. The van der Waals surface area contributed by atoms with Crippen molar-refractivity contribution in [3.8, 4) is 0 Å². The number of amides is 3. The number of hydrazone groups is 1. The summed E-state index contributed by atoms with van der Waals surface area (Å²) in [6.07, 6.45) is 3.98. The van der Waals surface area contributed by atoms with Crippen LogP contribution in [0, 0.1) is 5.41 Å². The Morgan fingerprint density at radius 2 is 1.84 bits per heavy atom. The first-order valence-electron chi connectivity index (χ1n) is 9.97. The molecule has 0 aliphatic carbocycles. The Morgan fingerprint density at radius 3 is 2.42 bits per heavy atom. The van der Waals surface area contributed by atoms with Crippen LogP contribution in [0.1, 0.15) is 32.3 Å². The predicted octanol–water partition coefficient (Wildman–Crippen LogP) is 6.44. The molecule has 2 aromatic carbocycles. The number of hydrogen-bond donors (Lipinski definition) is 0. The summed E-state index contributed by atoms with van der Waals surface area (Å²) in [5, 5.41) is 6.79. The van der Waals surface area contributed by atoms with E-state index in [1.54, 1.807) is 36.0 Å². The minimum absolute atomic E-state index is 0.318. The van der Waals surface area contributed by atoms with Gasteiger partial charge in [0.25, 0.3) is 0 Å². The number of carbonyl (C=O) groups is 2. The highest BCUT2D eigenvalue weighted by Crippen LogP contribution is 2.37. The lowest BCUT2D eigenvalue weighted by Crippen LogP contribution is -2.44. The first kappa shape index (κ1) is 23.8. The molecule has 1 atom stereocenters. The van der Waals surface area contributed by atoms with Crippen molar-refractivity contribution < 1.29 is 9.59 Å². The number of nitrogens with zero attached hydrogens (tertiary/aromatic N) is 3. The predicted molar refractivity (Wildman–Crippen MR) is 133 cm³/mol. The van der Waals surface area contributed by atoms with Crippen LogP contribution < -0.4 is 4.90 Å². The summed E-state index contributed by atoms with van der Waals surface area (Å²) in [5.74, 6) is 0.683. The molecule has 0 bridgehead atoms. The second-order valence-corrected chi connectivity index (χ2v) is 10.1. The molecule has 0 aromatic heterocycles. The molecule has 1 aliphatic heterocycles. The van der Waals surface area contributed by atoms with Gasteiger partial charge in [0.2, 0.25) is 5.91 Å². The van der Waals surface area contributed by atoms with Crippen molar-refractivity contribution in [2.75, 3.05) is 23.5 Å². The zero-order valence-electron chi connectivity index (χ0n) is 17.8. The number of carbonyl (C=O) groups excluding carboxylic acids is 2. The van der Waals surface area contributed by atoms with Crippen molar-refractivity contribution in [1.82, 2.24) is 5.01 Å². The van der Waals surface area contributed by atoms with E-state index in [-0.39, 0.29) is 11.3 Å². The second kappa shape index (κ2) is 10.2. The molecular weight excluding hydrogens is 498 g/mol. The monoisotopic (exact) mass is 521 g/mol. The van der Waals surface area contributed by atoms with Crippen LogP contribution in [0.25, 0.3) is 0 Å². The van der Waals surface area contributed by atoms with E-state index in [0.717, 1.165) is 34.3 Å². The molecule has 1 heterocycles. The largest absolute Gasteiger partial charge is 0.351 e. The third kappa shape index (κ3) is 5.51. The van der Waals surface area contributed by atoms with Crippen LogP contribution in [0.3, 0.4) is 0 Å². The highest BCUT2D eigenvalue weighted by atomic mass is 79.9. The van der Waals surface area contributed by atoms with Gasteiger partial charge in [-0.05, 0) is 66.8 Å². The minimum atomic E-state index is -0.449. The third-order valence-corrected chi connectivity index (χ3v) is 6.78. The number of rotatable bonds is 6. The lowest BCUT2D eigenvalue weighted by atomic mass is 9.78. The molecule has 8 heteroatoms. The fourth-order valence-electron chi connectivity index (χ4n) is 3.74. The van der Waals surface area contributed by atoms with Crippen molar-refractivity contribution in [3.05, 3.63) is 63.6 Å². The van der Waals surface area contributed by atoms with Crippen molar-refractivity contribution in [3.63, 3.8) is 0 Å². The Morgan fingerprint density at radius 1 is 1.19 bits per heavy atom. The summed E-state index contributed by atoms with van der Waals surface area (Å²) in [4.78, 5) is 27.0. The highest BCUT2D eigenvalue weighted by Gasteiger charge is 2.42. The molecule has 1 unspecified atom stereocenters. The molecule has 0 N–H and O–H groups in total. The summed E-state index contributed by atoms with van der Waals surface area (Å²) in [5.41, 5.74) is 1.98. The van der Waals surface area contributed by atoms with E-state index in [4.69, 9.17) is 16.7 Å². The molecule has 0 fully saturated rings. The van der Waals surface area contributed by atoms with Gasteiger partial charge in [0.1, 0.15) is 0 Å². The molecule has 5 nitrogen and oxygen atoms in total. The normalized spacial score (nSPS) is 18.1. The number of halogens is 2. The molecule has 31 heavy (non-hydrogen) atoms. The Labute approximate surface area is 200 Å². The molecule has 164 valence electrons. The summed E-state index contributed by atoms with van der Waals surface area (Å²) >= 11 is 11.3. The molecular formula is C23H25BrClN3O2S. The molecule has 0 saturated heterocycles. The second-order valence-electron chi connectivity index (χ2n) is 7.78. The van der Waals surface area contributed by atoms with Crippen LogP contribution in [-0.2, 0) is 4.79 Å². The Bertz CT molecular complexity index is 981. The van der Waals surface area contributed by atoms with Gasteiger partial charge in [-0.2, -0.15) is 16.9 Å². The first-order valence-corrected chi connectivity index (χ1v) is 12.5. The van der Waals surface area contributed by atoms with Gasteiger partial charge >= 0.3 is 6.03 Å². The van der Waals surface area contributed by atoms with E-state index < -0.39 is 6.03 Å². The highest BCUT2D eigenvalue weighted by molar-refractivity contribution is 9.10. The van der Waals surface area contributed by atoms with Crippen LogP contribution in [0.15, 0.2) is 58.1 Å². The Kier molecular flexibility index (Phi) is 7.83. The molecule has 0 radical (unpaired) electrons. The van der Waals surface area contributed by atoms with Crippen molar-refractivity contribution in [1.29, 1.82) is 0 Å². The van der Waals surface area contributed by atoms with E-state index >= 15 is 0 Å². The van der Waals surface area contributed by atoms with Gasteiger partial charge in [-0.15, -0.1) is 0 Å². The number of thioether (sulfide) groups is 1. The van der Waals surface area contributed by atoms with Gasteiger partial charge in [-0.3, -0.25) is 4.79 Å². The molecule has 0 spiro atoms. The number of imide groups is 1. The average molecular weight is 523 g/mol. The molecule has 1 aliphatic rings. The summed E-state index contributed by atoms with van der Waals surface area (Å²) in [6, 6.07) is 14.1. The fourth-order valence-corrected chi connectivity index (χ4v) is 4.57. The molecule has 0 saturated carbocycles. The van der Waals surface area contributed by atoms with Crippen LogP contribution in [0.2, 0.25) is 5.02 Å². The zero-order valence-corrected chi connectivity index (χ0v) is 20.9. The van der Waals surface area contributed by atoms with E-state index in [1.165, 1.54) is 16.8 Å². The van der Waals surface area contributed by atoms with E-state index in [1.807, 2.05) is 24.3 Å². The van der Waals surface area contributed by atoms with E-state index in [9.17, 15) is 9.59 Å². The van der Waals surface area contributed by atoms with Crippen LogP contribution in [0.4, 0.5) is 10.5 Å². The zero-order chi connectivity index (χ0) is 22.6. The van der Waals surface area contributed by atoms with Crippen LogP contribution in [0.5, 0.6) is 0 Å².